The van der Waals surface area contributed by atoms with Gasteiger partial charge in [0.15, 0.2) is 0 Å². The van der Waals surface area contributed by atoms with Crippen molar-refractivity contribution in [2.24, 2.45) is 16.7 Å². The molecular weight excluding hydrogens is 312 g/mol. The van der Waals surface area contributed by atoms with E-state index in [-0.39, 0.29) is 17.0 Å². The first-order valence-electron chi connectivity index (χ1n) is 8.96. The minimum Gasteiger partial charge on any atom is -0.302 e. The molecule has 5 nitrogen and oxygen atoms in total. The van der Waals surface area contributed by atoms with Gasteiger partial charge in [-0.1, -0.05) is 20.8 Å². The quantitative estimate of drug-likeness (QED) is 0.781. The first-order valence-corrected chi connectivity index (χ1v) is 10.6. The van der Waals surface area contributed by atoms with Crippen molar-refractivity contribution in [3.63, 3.8) is 0 Å². The number of nitrogens with zero attached hydrogens (tertiary/aromatic N) is 2. The fraction of sp³-hybridized carbons (Fsp3) is 0.941. The molecule has 0 aromatic heterocycles. The number of carbonyl (C=O) groups is 1. The topological polar surface area (TPSA) is 57.7 Å². The van der Waals surface area contributed by atoms with Crippen molar-refractivity contribution in [1.82, 2.24) is 9.21 Å². The van der Waals surface area contributed by atoms with Crippen LogP contribution in [-0.4, -0.2) is 61.9 Å². The van der Waals surface area contributed by atoms with Crippen LogP contribution in [0.4, 0.5) is 0 Å². The summed E-state index contributed by atoms with van der Waals surface area (Å²) in [5.41, 5.74) is -0.828. The van der Waals surface area contributed by atoms with E-state index in [4.69, 9.17) is 0 Å². The van der Waals surface area contributed by atoms with Gasteiger partial charge in [-0.3, -0.25) is 4.79 Å². The van der Waals surface area contributed by atoms with Gasteiger partial charge in [-0.05, 0) is 43.7 Å². The summed E-state index contributed by atoms with van der Waals surface area (Å²) in [5.74, 6) is 0.575. The van der Waals surface area contributed by atoms with Crippen LogP contribution < -0.4 is 0 Å². The maximum atomic E-state index is 13.1. The molecule has 0 radical (unpaired) electrons. The van der Waals surface area contributed by atoms with E-state index in [1.54, 1.807) is 4.31 Å². The van der Waals surface area contributed by atoms with E-state index in [2.05, 4.69) is 25.7 Å². The molecule has 3 fully saturated rings. The Morgan fingerprint density at radius 3 is 2.48 bits per heavy atom. The maximum absolute atomic E-state index is 13.1. The highest BCUT2D eigenvalue weighted by Crippen LogP contribution is 2.64. The minimum absolute atomic E-state index is 0.0223. The molecule has 23 heavy (non-hydrogen) atoms. The largest absolute Gasteiger partial charge is 0.302 e. The van der Waals surface area contributed by atoms with E-state index in [1.807, 2.05) is 0 Å². The molecule has 1 heterocycles. The van der Waals surface area contributed by atoms with Crippen LogP contribution >= 0.6 is 0 Å². The van der Waals surface area contributed by atoms with Gasteiger partial charge in [0.1, 0.15) is 5.78 Å². The normalized spacial score (nSPS) is 35.6. The zero-order chi connectivity index (χ0) is 16.9. The van der Waals surface area contributed by atoms with Gasteiger partial charge in [0.2, 0.25) is 10.0 Å². The molecule has 0 unspecified atom stereocenters. The Kier molecular flexibility index (Phi) is 4.39. The van der Waals surface area contributed by atoms with Gasteiger partial charge >= 0.3 is 0 Å². The Hall–Kier alpha value is -0.460. The lowest BCUT2D eigenvalue weighted by Crippen LogP contribution is -2.47. The highest BCUT2D eigenvalue weighted by atomic mass is 32.2. The van der Waals surface area contributed by atoms with Crippen molar-refractivity contribution < 1.29 is 13.2 Å². The molecule has 0 amide bonds. The second-order valence-corrected chi connectivity index (χ2v) is 10.1. The van der Waals surface area contributed by atoms with Gasteiger partial charge in [-0.25, -0.2) is 12.7 Å². The standard InChI is InChI=1S/C17H30N2O3S/c1-4-18-8-5-9-19(11-10-18)23(21,22)13-17-7-6-14(12-15(17)20)16(17,2)3/h14H,4-13H2,1-3H3/t14-,17-/m0/s1. The zero-order valence-corrected chi connectivity index (χ0v) is 15.5. The first-order chi connectivity index (χ1) is 10.7. The summed E-state index contributed by atoms with van der Waals surface area (Å²) >= 11 is 0. The highest BCUT2D eigenvalue weighted by Gasteiger charge is 2.65. The Bertz CT molecular complexity index is 587. The molecule has 0 aromatic carbocycles. The van der Waals surface area contributed by atoms with Gasteiger partial charge < -0.3 is 4.90 Å². The Labute approximate surface area is 140 Å². The predicted octanol–water partition coefficient (Wildman–Crippen LogP) is 1.74. The molecule has 2 bridgehead atoms. The van der Waals surface area contributed by atoms with Crippen LogP contribution in [0.5, 0.6) is 0 Å². The molecule has 6 heteroatoms. The van der Waals surface area contributed by atoms with Gasteiger partial charge in [-0.2, -0.15) is 0 Å². The van der Waals surface area contributed by atoms with Gasteiger partial charge in [0.05, 0.1) is 5.75 Å². The smallest absolute Gasteiger partial charge is 0.215 e. The zero-order valence-electron chi connectivity index (χ0n) is 14.7. The van der Waals surface area contributed by atoms with Gasteiger partial charge in [0.25, 0.3) is 0 Å². The van der Waals surface area contributed by atoms with Crippen LogP contribution in [0.1, 0.15) is 46.5 Å². The van der Waals surface area contributed by atoms with Crippen molar-refractivity contribution in [3.8, 4) is 0 Å². The number of ketones is 1. The van der Waals surface area contributed by atoms with Crippen molar-refractivity contribution in [1.29, 1.82) is 0 Å². The molecule has 3 aliphatic rings. The number of carbonyl (C=O) groups excluding carboxylic acids is 1. The average Bonchev–Trinajstić information content (AvgIpc) is 2.75. The van der Waals surface area contributed by atoms with E-state index in [0.29, 0.717) is 25.4 Å². The average molecular weight is 343 g/mol. The third kappa shape index (κ3) is 2.67. The molecule has 0 N–H and O–H groups in total. The van der Waals surface area contributed by atoms with Crippen molar-refractivity contribution in [3.05, 3.63) is 0 Å². The molecule has 1 saturated heterocycles. The second-order valence-electron chi connectivity index (χ2n) is 8.11. The molecule has 2 aliphatic carbocycles. The predicted molar refractivity (Wildman–Crippen MR) is 90.7 cm³/mol. The monoisotopic (exact) mass is 342 g/mol. The lowest BCUT2D eigenvalue weighted by molar-refractivity contribution is -0.128. The number of rotatable bonds is 4. The Morgan fingerprint density at radius 1 is 1.17 bits per heavy atom. The lowest BCUT2D eigenvalue weighted by Gasteiger charge is -2.37. The first kappa shape index (κ1) is 17.4. The summed E-state index contributed by atoms with van der Waals surface area (Å²) in [5, 5.41) is 0. The molecule has 1 aliphatic heterocycles. The Morgan fingerprint density at radius 2 is 1.91 bits per heavy atom. The third-order valence-corrected chi connectivity index (χ3v) is 8.97. The molecule has 0 aromatic rings. The van der Waals surface area contributed by atoms with Crippen LogP contribution in [0, 0.1) is 16.7 Å². The SMILES string of the molecule is CCN1CCCN(S(=O)(=O)C[C@@]23CC[C@@H](CC2=O)C3(C)C)CC1. The number of Topliss-reactive ketones (excluding diaryl/α,β-unsaturated/α-hetero) is 1. The second kappa shape index (κ2) is 5.81. The number of sulfonamides is 1. The number of fused-ring (bicyclic) bond motifs is 2. The van der Waals surface area contributed by atoms with Crippen LogP contribution in [-0.2, 0) is 14.8 Å². The summed E-state index contributed by atoms with van der Waals surface area (Å²) in [6.07, 6.45) is 3.20. The number of likely N-dealkylation sites (N-methyl/N-ethyl adjacent to an activating group) is 1. The fourth-order valence-electron chi connectivity index (χ4n) is 5.05. The maximum Gasteiger partial charge on any atom is 0.215 e. The lowest BCUT2D eigenvalue weighted by atomic mass is 9.70. The van der Waals surface area contributed by atoms with E-state index >= 15 is 0 Å². The van der Waals surface area contributed by atoms with Crippen molar-refractivity contribution in [2.75, 3.05) is 38.5 Å². The molecular formula is C17H30N2O3S. The van der Waals surface area contributed by atoms with Gasteiger partial charge in [-0.15, -0.1) is 0 Å². The third-order valence-electron chi connectivity index (χ3n) is 6.96. The van der Waals surface area contributed by atoms with Crippen molar-refractivity contribution >= 4 is 15.8 Å². The highest BCUT2D eigenvalue weighted by molar-refractivity contribution is 7.89. The van der Waals surface area contributed by atoms with Crippen LogP contribution in [0.3, 0.4) is 0 Å². The molecule has 2 saturated carbocycles. The van der Waals surface area contributed by atoms with E-state index in [9.17, 15) is 13.2 Å². The van der Waals surface area contributed by atoms with Gasteiger partial charge in [0, 0.05) is 31.5 Å². The fourth-order valence-corrected chi connectivity index (χ4v) is 7.30. The summed E-state index contributed by atoms with van der Waals surface area (Å²) in [6, 6.07) is 0. The Balaban J connectivity index is 1.80. The molecule has 2 atom stereocenters. The van der Waals surface area contributed by atoms with Crippen LogP contribution in [0.25, 0.3) is 0 Å². The van der Waals surface area contributed by atoms with Crippen LogP contribution in [0.15, 0.2) is 0 Å². The summed E-state index contributed by atoms with van der Waals surface area (Å²) < 4.78 is 27.8. The van der Waals surface area contributed by atoms with Crippen molar-refractivity contribution in [2.45, 2.75) is 46.5 Å². The molecule has 0 spiro atoms. The number of hydrogen-bond acceptors (Lipinski definition) is 4. The van der Waals surface area contributed by atoms with E-state index < -0.39 is 15.4 Å². The minimum atomic E-state index is -3.38. The van der Waals surface area contributed by atoms with E-state index in [0.717, 1.165) is 38.9 Å². The number of hydrogen-bond donors (Lipinski definition) is 0. The summed E-state index contributed by atoms with van der Waals surface area (Å²) in [4.78, 5) is 14.9. The van der Waals surface area contributed by atoms with E-state index in [1.165, 1.54) is 0 Å². The molecule has 3 rings (SSSR count). The molecule has 132 valence electrons. The summed E-state index contributed by atoms with van der Waals surface area (Å²) in [7, 11) is -3.38. The summed E-state index contributed by atoms with van der Waals surface area (Å²) in [6.45, 7) is 10.2. The van der Waals surface area contributed by atoms with Crippen LogP contribution in [0.2, 0.25) is 0 Å².